The number of esters is 1. The van der Waals surface area contributed by atoms with Crippen LogP contribution in [-0.4, -0.2) is 24.7 Å². The van der Waals surface area contributed by atoms with E-state index in [-0.39, 0.29) is 18.8 Å². The van der Waals surface area contributed by atoms with E-state index in [2.05, 4.69) is 5.32 Å². The van der Waals surface area contributed by atoms with Gasteiger partial charge in [-0.2, -0.15) is 0 Å². The molecule has 0 radical (unpaired) electrons. The summed E-state index contributed by atoms with van der Waals surface area (Å²) in [5.41, 5.74) is 0.372. The molecule has 0 unspecified atom stereocenters. The number of carbonyl (C=O) groups is 1. The fourth-order valence-electron chi connectivity index (χ4n) is 1.18. The Morgan fingerprint density at radius 2 is 2.25 bits per heavy atom. The van der Waals surface area contributed by atoms with Gasteiger partial charge in [0.15, 0.2) is 0 Å². The van der Waals surface area contributed by atoms with Gasteiger partial charge >= 0.3 is 5.97 Å². The van der Waals surface area contributed by atoms with Crippen LogP contribution in [0, 0.1) is 5.82 Å². The highest BCUT2D eigenvalue weighted by molar-refractivity contribution is 5.72. The number of ether oxygens (including phenoxy) is 1. The molecule has 0 amide bonds. The molecule has 2 N–H and O–H groups in total. The highest BCUT2D eigenvalue weighted by atomic mass is 19.1. The Morgan fingerprint density at radius 3 is 2.88 bits per heavy atom. The van der Waals surface area contributed by atoms with Crippen LogP contribution in [-0.2, 0) is 11.4 Å². The summed E-state index contributed by atoms with van der Waals surface area (Å²) in [5.74, 6) is -0.864. The zero-order valence-corrected chi connectivity index (χ0v) is 9.00. The standard InChI is InChI=1S/C11H14FNO3/c1-13-3-2-11(15)16-10-5-8(7-14)4-9(12)6-10/h4-6,13-14H,2-3,7H2,1H3. The van der Waals surface area contributed by atoms with Crippen molar-refractivity contribution in [2.75, 3.05) is 13.6 Å². The van der Waals surface area contributed by atoms with E-state index in [0.29, 0.717) is 12.1 Å². The summed E-state index contributed by atoms with van der Waals surface area (Å²) in [5, 5.41) is 11.6. The minimum Gasteiger partial charge on any atom is -0.426 e. The van der Waals surface area contributed by atoms with Crippen LogP contribution in [0.25, 0.3) is 0 Å². The monoisotopic (exact) mass is 227 g/mol. The molecule has 5 heteroatoms. The number of aliphatic hydroxyl groups is 1. The predicted octanol–water partition coefficient (Wildman–Crippen LogP) is 0.833. The first-order valence-electron chi connectivity index (χ1n) is 4.91. The lowest BCUT2D eigenvalue weighted by atomic mass is 10.2. The number of hydrogen-bond donors (Lipinski definition) is 2. The van der Waals surface area contributed by atoms with E-state index < -0.39 is 11.8 Å². The normalized spacial score (nSPS) is 10.2. The molecular formula is C11H14FNO3. The van der Waals surface area contributed by atoms with Crippen molar-refractivity contribution in [3.8, 4) is 5.75 Å². The quantitative estimate of drug-likeness (QED) is 0.578. The summed E-state index contributed by atoms with van der Waals surface area (Å²) in [4.78, 5) is 11.2. The Kier molecular flexibility index (Phi) is 4.88. The molecule has 0 aliphatic rings. The van der Waals surface area contributed by atoms with E-state index in [4.69, 9.17) is 9.84 Å². The van der Waals surface area contributed by atoms with Gasteiger partial charge in [0.2, 0.25) is 0 Å². The van der Waals surface area contributed by atoms with E-state index in [9.17, 15) is 9.18 Å². The topological polar surface area (TPSA) is 58.6 Å². The average Bonchev–Trinajstić information content (AvgIpc) is 2.25. The molecule has 0 saturated heterocycles. The minimum absolute atomic E-state index is 0.116. The molecule has 4 nitrogen and oxygen atoms in total. The van der Waals surface area contributed by atoms with Crippen LogP contribution in [0.5, 0.6) is 5.75 Å². The van der Waals surface area contributed by atoms with Crippen LogP contribution in [0.1, 0.15) is 12.0 Å². The third-order valence-corrected chi connectivity index (χ3v) is 1.92. The fourth-order valence-corrected chi connectivity index (χ4v) is 1.18. The first kappa shape index (κ1) is 12.6. The van der Waals surface area contributed by atoms with E-state index >= 15 is 0 Å². The van der Waals surface area contributed by atoms with Gasteiger partial charge in [-0.25, -0.2) is 4.39 Å². The summed E-state index contributed by atoms with van der Waals surface area (Å²) in [7, 11) is 1.72. The van der Waals surface area contributed by atoms with Crippen molar-refractivity contribution in [1.82, 2.24) is 5.32 Å². The van der Waals surface area contributed by atoms with Crippen molar-refractivity contribution >= 4 is 5.97 Å². The molecule has 0 aliphatic carbocycles. The van der Waals surface area contributed by atoms with Gasteiger partial charge in [0, 0.05) is 12.6 Å². The summed E-state index contributed by atoms with van der Waals surface area (Å²) in [6, 6.07) is 3.72. The van der Waals surface area contributed by atoms with Crippen molar-refractivity contribution in [2.24, 2.45) is 0 Å². The molecule has 88 valence electrons. The second-order valence-electron chi connectivity index (χ2n) is 3.28. The third kappa shape index (κ3) is 3.96. The molecule has 0 fully saturated rings. The zero-order chi connectivity index (χ0) is 12.0. The Morgan fingerprint density at radius 1 is 1.50 bits per heavy atom. The lowest BCUT2D eigenvalue weighted by molar-refractivity contribution is -0.134. The van der Waals surface area contributed by atoms with Crippen molar-refractivity contribution < 1.29 is 19.0 Å². The van der Waals surface area contributed by atoms with Gasteiger partial charge in [-0.3, -0.25) is 4.79 Å². The van der Waals surface area contributed by atoms with Gasteiger partial charge < -0.3 is 15.2 Å². The number of nitrogens with one attached hydrogen (secondary N) is 1. The van der Waals surface area contributed by atoms with Gasteiger partial charge in [0.25, 0.3) is 0 Å². The lowest BCUT2D eigenvalue weighted by Crippen LogP contribution is -2.17. The second kappa shape index (κ2) is 6.19. The molecule has 0 aliphatic heterocycles. The summed E-state index contributed by atoms with van der Waals surface area (Å²) in [6.45, 7) is 0.208. The smallest absolute Gasteiger partial charge is 0.312 e. The Balaban J connectivity index is 2.65. The molecule has 0 heterocycles. The van der Waals surface area contributed by atoms with E-state index in [1.165, 1.54) is 12.1 Å². The number of halogens is 1. The molecule has 16 heavy (non-hydrogen) atoms. The maximum Gasteiger partial charge on any atom is 0.312 e. The Bertz CT molecular complexity index is 368. The van der Waals surface area contributed by atoms with Crippen molar-refractivity contribution in [2.45, 2.75) is 13.0 Å². The molecule has 0 atom stereocenters. The molecule has 0 aromatic heterocycles. The molecule has 0 bridgehead atoms. The van der Waals surface area contributed by atoms with E-state index in [0.717, 1.165) is 6.07 Å². The molecule has 1 aromatic rings. The highest BCUT2D eigenvalue weighted by Crippen LogP contribution is 2.16. The maximum atomic E-state index is 13.0. The molecule has 1 rings (SSSR count). The van der Waals surface area contributed by atoms with Crippen LogP contribution < -0.4 is 10.1 Å². The van der Waals surface area contributed by atoms with Gasteiger partial charge in [-0.05, 0) is 24.7 Å². The predicted molar refractivity (Wildman–Crippen MR) is 56.5 cm³/mol. The van der Waals surface area contributed by atoms with Crippen LogP contribution in [0.2, 0.25) is 0 Å². The van der Waals surface area contributed by atoms with Gasteiger partial charge in [-0.1, -0.05) is 0 Å². The fraction of sp³-hybridized carbons (Fsp3) is 0.364. The third-order valence-electron chi connectivity index (χ3n) is 1.92. The molecular weight excluding hydrogens is 213 g/mol. The number of benzene rings is 1. The summed E-state index contributed by atoms with van der Waals surface area (Å²) < 4.78 is 17.9. The van der Waals surface area contributed by atoms with Crippen LogP contribution >= 0.6 is 0 Å². The van der Waals surface area contributed by atoms with Crippen LogP contribution in [0.3, 0.4) is 0 Å². The summed E-state index contributed by atoms with van der Waals surface area (Å²) in [6.07, 6.45) is 0.210. The number of hydrogen-bond acceptors (Lipinski definition) is 4. The van der Waals surface area contributed by atoms with Crippen molar-refractivity contribution in [1.29, 1.82) is 0 Å². The van der Waals surface area contributed by atoms with Crippen LogP contribution in [0.15, 0.2) is 18.2 Å². The van der Waals surface area contributed by atoms with Gasteiger partial charge in [-0.15, -0.1) is 0 Å². The van der Waals surface area contributed by atoms with Gasteiger partial charge in [0.1, 0.15) is 11.6 Å². The molecule has 0 saturated carbocycles. The Labute approximate surface area is 93.0 Å². The highest BCUT2D eigenvalue weighted by Gasteiger charge is 2.06. The zero-order valence-electron chi connectivity index (χ0n) is 9.00. The minimum atomic E-state index is -0.539. The lowest BCUT2D eigenvalue weighted by Gasteiger charge is -2.05. The van der Waals surface area contributed by atoms with Crippen molar-refractivity contribution in [3.63, 3.8) is 0 Å². The number of carbonyl (C=O) groups excluding carboxylic acids is 1. The second-order valence-corrected chi connectivity index (χ2v) is 3.28. The first-order valence-corrected chi connectivity index (χ1v) is 4.91. The van der Waals surface area contributed by atoms with Gasteiger partial charge in [0.05, 0.1) is 13.0 Å². The Hall–Kier alpha value is -1.46. The van der Waals surface area contributed by atoms with E-state index in [1.54, 1.807) is 7.05 Å². The average molecular weight is 227 g/mol. The maximum absolute atomic E-state index is 13.0. The SMILES string of the molecule is CNCCC(=O)Oc1cc(F)cc(CO)c1. The number of aliphatic hydroxyl groups excluding tert-OH is 1. The summed E-state index contributed by atoms with van der Waals surface area (Å²) >= 11 is 0. The first-order chi connectivity index (χ1) is 7.65. The van der Waals surface area contributed by atoms with Crippen LogP contribution in [0.4, 0.5) is 4.39 Å². The molecule has 1 aromatic carbocycles. The van der Waals surface area contributed by atoms with E-state index in [1.807, 2.05) is 0 Å². The largest absolute Gasteiger partial charge is 0.426 e. The number of rotatable bonds is 5. The molecule has 0 spiro atoms. The van der Waals surface area contributed by atoms with Crippen molar-refractivity contribution in [3.05, 3.63) is 29.6 Å².